The Kier molecular flexibility index (Phi) is 5.75. The van der Waals surface area contributed by atoms with Gasteiger partial charge in [-0.15, -0.1) is 0 Å². The van der Waals surface area contributed by atoms with E-state index in [1.165, 1.54) is 12.1 Å². The molecule has 1 atom stereocenters. The van der Waals surface area contributed by atoms with Crippen molar-refractivity contribution in [3.05, 3.63) is 58.6 Å². The zero-order valence-corrected chi connectivity index (χ0v) is 16.1. The van der Waals surface area contributed by atoms with Crippen LogP contribution in [0.4, 0.5) is 17.1 Å². The van der Waals surface area contributed by atoms with E-state index in [1.54, 1.807) is 12.1 Å². The standard InChI is InChI=1S/C19H22N4O3S/c1-3-22-13-16(26-18-7-5-4-6-17(18)22)12-21(2)19(27)20-14-8-10-15(11-9-14)23(24)25/h4-11,16H,3,12-13H2,1-2H3,(H,20,27)/t16-/m1/s1. The molecule has 0 aliphatic carbocycles. The van der Waals surface area contributed by atoms with Gasteiger partial charge in [0.1, 0.15) is 11.9 Å². The molecule has 2 aromatic rings. The molecule has 8 heteroatoms. The number of likely N-dealkylation sites (N-methyl/N-ethyl adjacent to an activating group) is 2. The molecule has 1 N–H and O–H groups in total. The number of rotatable bonds is 5. The molecule has 3 rings (SSSR count). The molecule has 2 aromatic carbocycles. The molecule has 1 aliphatic heterocycles. The van der Waals surface area contributed by atoms with Crippen LogP contribution in [0.25, 0.3) is 0 Å². The van der Waals surface area contributed by atoms with Crippen LogP contribution in [0.3, 0.4) is 0 Å². The second kappa shape index (κ2) is 8.22. The third-order valence-electron chi connectivity index (χ3n) is 4.46. The van der Waals surface area contributed by atoms with Crippen molar-refractivity contribution in [1.29, 1.82) is 0 Å². The van der Waals surface area contributed by atoms with Gasteiger partial charge in [0.2, 0.25) is 0 Å². The number of hydrogen-bond donors (Lipinski definition) is 1. The molecule has 1 heterocycles. The molecule has 0 saturated heterocycles. The van der Waals surface area contributed by atoms with Crippen LogP contribution in [-0.2, 0) is 0 Å². The van der Waals surface area contributed by atoms with Gasteiger partial charge >= 0.3 is 0 Å². The van der Waals surface area contributed by atoms with Gasteiger partial charge in [0.25, 0.3) is 5.69 Å². The van der Waals surface area contributed by atoms with Crippen LogP contribution < -0.4 is 15.0 Å². The number of nitro benzene ring substituents is 1. The number of benzene rings is 2. The molecule has 142 valence electrons. The largest absolute Gasteiger partial charge is 0.485 e. The normalized spacial score (nSPS) is 15.5. The Balaban J connectivity index is 1.60. The van der Waals surface area contributed by atoms with Crippen molar-refractivity contribution in [3.63, 3.8) is 0 Å². The fourth-order valence-electron chi connectivity index (χ4n) is 3.05. The number of hydrogen-bond acceptors (Lipinski definition) is 5. The first-order valence-electron chi connectivity index (χ1n) is 8.75. The summed E-state index contributed by atoms with van der Waals surface area (Å²) in [6, 6.07) is 14.2. The average molecular weight is 386 g/mol. The Labute approximate surface area is 163 Å². The van der Waals surface area contributed by atoms with Gasteiger partial charge < -0.3 is 19.9 Å². The summed E-state index contributed by atoms with van der Waals surface area (Å²) in [5.41, 5.74) is 1.88. The van der Waals surface area contributed by atoms with E-state index < -0.39 is 4.92 Å². The Hall–Kier alpha value is -2.87. The number of anilines is 2. The summed E-state index contributed by atoms with van der Waals surface area (Å²) in [4.78, 5) is 14.5. The predicted molar refractivity (Wildman–Crippen MR) is 111 cm³/mol. The van der Waals surface area contributed by atoms with Crippen LogP contribution >= 0.6 is 12.2 Å². The van der Waals surface area contributed by atoms with Crippen LogP contribution in [0.2, 0.25) is 0 Å². The van der Waals surface area contributed by atoms with E-state index in [0.29, 0.717) is 17.3 Å². The Bertz CT molecular complexity index is 828. The lowest BCUT2D eigenvalue weighted by molar-refractivity contribution is -0.384. The number of non-ortho nitro benzene ring substituents is 1. The minimum atomic E-state index is -0.425. The topological polar surface area (TPSA) is 70.9 Å². The minimum absolute atomic E-state index is 0.0125. The fourth-order valence-corrected chi connectivity index (χ4v) is 3.24. The van der Waals surface area contributed by atoms with E-state index in [1.807, 2.05) is 30.1 Å². The Morgan fingerprint density at radius 2 is 2.04 bits per heavy atom. The summed E-state index contributed by atoms with van der Waals surface area (Å²) in [6.45, 7) is 4.46. The molecule has 0 radical (unpaired) electrons. The number of thiocarbonyl (C=S) groups is 1. The zero-order valence-electron chi connectivity index (χ0n) is 15.3. The third-order valence-corrected chi connectivity index (χ3v) is 4.87. The van der Waals surface area contributed by atoms with Gasteiger partial charge in [-0.3, -0.25) is 10.1 Å². The first kappa shape index (κ1) is 18.9. The number of nitrogens with zero attached hydrogens (tertiary/aromatic N) is 3. The number of ether oxygens (including phenoxy) is 1. The lowest BCUT2D eigenvalue weighted by atomic mass is 10.2. The lowest BCUT2D eigenvalue weighted by Crippen LogP contribution is -2.47. The van der Waals surface area contributed by atoms with Gasteiger partial charge in [-0.05, 0) is 43.4 Å². The summed E-state index contributed by atoms with van der Waals surface area (Å²) in [6.07, 6.45) is -0.0125. The first-order valence-corrected chi connectivity index (χ1v) is 9.16. The number of para-hydroxylation sites is 2. The molecule has 0 bridgehead atoms. The molecular formula is C19H22N4O3S. The van der Waals surface area contributed by atoms with Crippen LogP contribution in [0, 0.1) is 10.1 Å². The van der Waals surface area contributed by atoms with Gasteiger partial charge in [-0.1, -0.05) is 12.1 Å². The molecule has 0 amide bonds. The smallest absolute Gasteiger partial charge is 0.269 e. The molecule has 27 heavy (non-hydrogen) atoms. The van der Waals surface area contributed by atoms with Crippen molar-refractivity contribution in [3.8, 4) is 5.75 Å². The van der Waals surface area contributed by atoms with Crippen molar-refractivity contribution in [2.45, 2.75) is 13.0 Å². The van der Waals surface area contributed by atoms with Gasteiger partial charge in [-0.25, -0.2) is 0 Å². The summed E-state index contributed by atoms with van der Waals surface area (Å²) in [7, 11) is 1.90. The van der Waals surface area contributed by atoms with Crippen LogP contribution in [0.5, 0.6) is 5.75 Å². The highest BCUT2D eigenvalue weighted by atomic mass is 32.1. The molecule has 0 unspecified atom stereocenters. The summed E-state index contributed by atoms with van der Waals surface area (Å²) in [5.74, 6) is 0.887. The minimum Gasteiger partial charge on any atom is -0.485 e. The van der Waals surface area contributed by atoms with E-state index in [4.69, 9.17) is 17.0 Å². The second-order valence-corrected chi connectivity index (χ2v) is 6.75. The van der Waals surface area contributed by atoms with Crippen molar-refractivity contribution < 1.29 is 9.66 Å². The van der Waals surface area contributed by atoms with Crippen molar-refractivity contribution in [1.82, 2.24) is 4.90 Å². The Morgan fingerprint density at radius 3 is 2.70 bits per heavy atom. The number of nitro groups is 1. The summed E-state index contributed by atoms with van der Waals surface area (Å²) in [5, 5.41) is 14.4. The molecular weight excluding hydrogens is 364 g/mol. The van der Waals surface area contributed by atoms with E-state index in [2.05, 4.69) is 23.2 Å². The number of nitrogens with one attached hydrogen (secondary N) is 1. The maximum atomic E-state index is 10.7. The first-order chi connectivity index (χ1) is 13.0. The van der Waals surface area contributed by atoms with E-state index in [-0.39, 0.29) is 11.8 Å². The third kappa shape index (κ3) is 4.46. The summed E-state index contributed by atoms with van der Waals surface area (Å²) < 4.78 is 6.13. The van der Waals surface area contributed by atoms with Crippen molar-refractivity contribution >= 4 is 34.4 Å². The van der Waals surface area contributed by atoms with E-state index in [9.17, 15) is 10.1 Å². The Morgan fingerprint density at radius 1 is 1.33 bits per heavy atom. The van der Waals surface area contributed by atoms with Crippen LogP contribution in [-0.4, -0.2) is 47.7 Å². The molecule has 0 fully saturated rings. The quantitative estimate of drug-likeness (QED) is 0.479. The molecule has 7 nitrogen and oxygen atoms in total. The van der Waals surface area contributed by atoms with E-state index >= 15 is 0 Å². The zero-order chi connectivity index (χ0) is 19.4. The fraction of sp³-hybridized carbons (Fsp3) is 0.316. The van der Waals surface area contributed by atoms with Gasteiger partial charge in [-0.2, -0.15) is 0 Å². The van der Waals surface area contributed by atoms with Gasteiger partial charge in [0.05, 0.1) is 23.7 Å². The molecule has 0 spiro atoms. The highest BCUT2D eigenvalue weighted by Gasteiger charge is 2.26. The molecule has 0 saturated carbocycles. The molecule has 0 aromatic heterocycles. The maximum absolute atomic E-state index is 10.7. The van der Waals surface area contributed by atoms with Crippen molar-refractivity contribution in [2.24, 2.45) is 0 Å². The van der Waals surface area contributed by atoms with Crippen LogP contribution in [0.1, 0.15) is 6.92 Å². The van der Waals surface area contributed by atoms with Gasteiger partial charge in [0, 0.05) is 31.4 Å². The SMILES string of the molecule is CCN1C[C@@H](CN(C)C(=S)Nc2ccc([N+](=O)[O-])cc2)Oc2ccccc21. The highest BCUT2D eigenvalue weighted by molar-refractivity contribution is 7.80. The summed E-state index contributed by atoms with van der Waals surface area (Å²) >= 11 is 5.46. The maximum Gasteiger partial charge on any atom is 0.269 e. The van der Waals surface area contributed by atoms with Crippen LogP contribution in [0.15, 0.2) is 48.5 Å². The number of fused-ring (bicyclic) bond motifs is 1. The lowest BCUT2D eigenvalue weighted by Gasteiger charge is -2.37. The highest BCUT2D eigenvalue weighted by Crippen LogP contribution is 2.32. The monoisotopic (exact) mass is 386 g/mol. The predicted octanol–water partition coefficient (Wildman–Crippen LogP) is 3.51. The van der Waals surface area contributed by atoms with E-state index in [0.717, 1.165) is 24.5 Å². The van der Waals surface area contributed by atoms with Crippen molar-refractivity contribution in [2.75, 3.05) is 36.9 Å². The molecule has 1 aliphatic rings. The second-order valence-electron chi connectivity index (χ2n) is 6.36. The average Bonchev–Trinajstić information content (AvgIpc) is 2.67. The van der Waals surface area contributed by atoms with Gasteiger partial charge in [0.15, 0.2) is 5.11 Å².